The highest BCUT2D eigenvalue weighted by Gasteiger charge is 2.05. The Bertz CT molecular complexity index is 183. The fraction of sp³-hybridized carbons (Fsp3) is 0.667. The van der Waals surface area contributed by atoms with Gasteiger partial charge in [0.1, 0.15) is 6.17 Å². The van der Waals surface area contributed by atoms with Crippen molar-refractivity contribution in [3.05, 3.63) is 0 Å². The van der Waals surface area contributed by atoms with Crippen LogP contribution in [0.5, 0.6) is 0 Å². The lowest BCUT2D eigenvalue weighted by Gasteiger charge is -2.14. The Kier molecular flexibility index (Phi) is 5.37. The molecule has 0 spiro atoms. The van der Waals surface area contributed by atoms with Crippen molar-refractivity contribution in [2.24, 2.45) is 22.2 Å². The minimum Gasteiger partial charge on any atom is -0.370 e. The van der Waals surface area contributed by atoms with Gasteiger partial charge in [0.2, 0.25) is 0 Å². The van der Waals surface area contributed by atoms with E-state index in [0.717, 1.165) is 6.54 Å². The van der Waals surface area contributed by atoms with E-state index >= 15 is 0 Å². The van der Waals surface area contributed by atoms with Crippen molar-refractivity contribution < 1.29 is 0 Å². The number of likely N-dealkylation sites (N-methyl/N-ethyl adjacent to an activating group) is 1. The van der Waals surface area contributed by atoms with Gasteiger partial charge in [0.05, 0.1) is 0 Å². The highest BCUT2D eigenvalue weighted by molar-refractivity contribution is 5.77. The summed E-state index contributed by atoms with van der Waals surface area (Å²) >= 11 is 0. The van der Waals surface area contributed by atoms with Crippen LogP contribution in [0.2, 0.25) is 0 Å². The molecule has 9 N–H and O–H groups in total. The minimum absolute atomic E-state index is 0.0309. The predicted octanol–water partition coefficient (Wildman–Crippen LogP) is -2.32. The second-order valence-corrected chi connectivity index (χ2v) is 2.44. The van der Waals surface area contributed by atoms with Gasteiger partial charge in [-0.15, -0.1) is 0 Å². The van der Waals surface area contributed by atoms with Gasteiger partial charge in [0.25, 0.3) is 0 Å². The van der Waals surface area contributed by atoms with Crippen LogP contribution in [0.1, 0.15) is 6.92 Å². The quantitative estimate of drug-likeness (QED) is 0.212. The summed E-state index contributed by atoms with van der Waals surface area (Å²) in [6.45, 7) is 3.28. The Morgan fingerprint density at radius 3 is 2.46 bits per heavy atom. The Morgan fingerprint density at radius 2 is 2.08 bits per heavy atom. The zero-order valence-electron chi connectivity index (χ0n) is 7.67. The molecule has 0 radical (unpaired) electrons. The largest absolute Gasteiger partial charge is 0.370 e. The average molecular weight is 187 g/mol. The van der Waals surface area contributed by atoms with E-state index in [1.54, 1.807) is 0 Å². The van der Waals surface area contributed by atoms with Gasteiger partial charge in [-0.05, 0) is 6.54 Å². The van der Waals surface area contributed by atoms with Gasteiger partial charge in [0, 0.05) is 6.54 Å². The first-order chi connectivity index (χ1) is 6.06. The van der Waals surface area contributed by atoms with Crippen molar-refractivity contribution in [1.82, 2.24) is 10.6 Å². The van der Waals surface area contributed by atoms with Crippen LogP contribution in [0.4, 0.5) is 0 Å². The number of hydrogen-bond acceptors (Lipinski definition) is 3. The second kappa shape index (κ2) is 6.06. The number of nitrogens with zero attached hydrogens (tertiary/aromatic N) is 1. The molecule has 0 saturated carbocycles. The molecule has 13 heavy (non-hydrogen) atoms. The summed E-state index contributed by atoms with van der Waals surface area (Å²) < 4.78 is 0. The maximum Gasteiger partial charge on any atom is 0.188 e. The summed E-state index contributed by atoms with van der Waals surface area (Å²) in [5, 5.41) is 12.6. The Labute approximate surface area is 77.3 Å². The van der Waals surface area contributed by atoms with Crippen LogP contribution < -0.4 is 27.8 Å². The molecule has 0 heterocycles. The molecule has 0 bridgehead atoms. The third-order valence-electron chi connectivity index (χ3n) is 1.21. The Balaban J connectivity index is 4.03. The van der Waals surface area contributed by atoms with Gasteiger partial charge in [0.15, 0.2) is 11.9 Å². The monoisotopic (exact) mass is 187 g/mol. The summed E-state index contributed by atoms with van der Waals surface area (Å²) in [5.74, 6) is -0.190. The highest BCUT2D eigenvalue weighted by Crippen LogP contribution is 1.82. The molecule has 0 rings (SSSR count). The molecule has 0 saturated heterocycles. The molecule has 0 aliphatic heterocycles. The third-order valence-corrected chi connectivity index (χ3v) is 1.21. The van der Waals surface area contributed by atoms with Crippen LogP contribution in [-0.4, -0.2) is 31.2 Å². The van der Waals surface area contributed by atoms with Gasteiger partial charge >= 0.3 is 0 Å². The summed E-state index contributed by atoms with van der Waals surface area (Å²) in [5.41, 5.74) is 15.5. The van der Waals surface area contributed by atoms with E-state index in [9.17, 15) is 0 Å². The molecule has 1 unspecified atom stereocenters. The molecule has 0 aliphatic rings. The first kappa shape index (κ1) is 11.5. The van der Waals surface area contributed by atoms with E-state index < -0.39 is 0 Å². The van der Waals surface area contributed by atoms with Crippen LogP contribution in [-0.2, 0) is 0 Å². The zero-order chi connectivity index (χ0) is 10.3. The SMILES string of the molecule is CCNCC(N=C(N)N)NC(=N)N. The Morgan fingerprint density at radius 1 is 1.46 bits per heavy atom. The molecule has 7 heteroatoms. The van der Waals surface area contributed by atoms with Gasteiger partial charge in [-0.3, -0.25) is 5.41 Å². The molecule has 76 valence electrons. The number of guanidine groups is 2. The highest BCUT2D eigenvalue weighted by atomic mass is 15.2. The Hall–Kier alpha value is -1.50. The summed E-state index contributed by atoms with van der Waals surface area (Å²) in [6, 6.07) is 0. The van der Waals surface area contributed by atoms with Crippen molar-refractivity contribution in [2.75, 3.05) is 13.1 Å². The second-order valence-electron chi connectivity index (χ2n) is 2.44. The molecule has 1 atom stereocenters. The van der Waals surface area contributed by atoms with Crippen molar-refractivity contribution >= 4 is 11.9 Å². The minimum atomic E-state index is -0.387. The average Bonchev–Trinajstić information content (AvgIpc) is 1.98. The van der Waals surface area contributed by atoms with Crippen molar-refractivity contribution in [2.45, 2.75) is 13.1 Å². The molecule has 0 aromatic carbocycles. The van der Waals surface area contributed by atoms with Crippen LogP contribution in [0.3, 0.4) is 0 Å². The first-order valence-electron chi connectivity index (χ1n) is 3.96. The number of nitrogens with two attached hydrogens (primary N) is 3. The molecular weight excluding hydrogens is 170 g/mol. The fourth-order valence-electron chi connectivity index (χ4n) is 0.769. The zero-order valence-corrected chi connectivity index (χ0v) is 7.67. The summed E-state index contributed by atoms with van der Waals surface area (Å²) in [4.78, 5) is 3.83. The van der Waals surface area contributed by atoms with E-state index in [2.05, 4.69) is 15.6 Å². The van der Waals surface area contributed by atoms with E-state index in [1.165, 1.54) is 0 Å². The molecule has 7 nitrogen and oxygen atoms in total. The summed E-state index contributed by atoms with van der Waals surface area (Å²) in [7, 11) is 0. The van der Waals surface area contributed by atoms with Gasteiger partial charge < -0.3 is 27.8 Å². The lowest BCUT2D eigenvalue weighted by atomic mass is 10.4. The van der Waals surface area contributed by atoms with E-state index in [-0.39, 0.29) is 18.1 Å². The standard InChI is InChI=1S/C6H17N7/c1-2-11-3-4(12-5(7)8)13-6(9)10/h4,11H,2-3H2,1H3,(H4,7,8,12)(H4,9,10,13). The third kappa shape index (κ3) is 6.88. The van der Waals surface area contributed by atoms with E-state index in [0.29, 0.717) is 6.54 Å². The van der Waals surface area contributed by atoms with Crippen LogP contribution >= 0.6 is 0 Å². The van der Waals surface area contributed by atoms with Crippen molar-refractivity contribution in [3.63, 3.8) is 0 Å². The maximum absolute atomic E-state index is 6.99. The number of hydrogen-bond donors (Lipinski definition) is 6. The van der Waals surface area contributed by atoms with E-state index in [4.69, 9.17) is 22.6 Å². The van der Waals surface area contributed by atoms with Crippen LogP contribution in [0.15, 0.2) is 4.99 Å². The van der Waals surface area contributed by atoms with E-state index in [1.807, 2.05) is 6.92 Å². The molecule has 0 amide bonds. The molecule has 0 aliphatic carbocycles. The lowest BCUT2D eigenvalue weighted by molar-refractivity contribution is 0.563. The maximum atomic E-state index is 6.99. The fourth-order valence-corrected chi connectivity index (χ4v) is 0.769. The van der Waals surface area contributed by atoms with Crippen LogP contribution in [0, 0.1) is 5.41 Å². The molecule has 0 aromatic heterocycles. The lowest BCUT2D eigenvalue weighted by Crippen LogP contribution is -2.45. The molecular formula is C6H17N7. The first-order valence-corrected chi connectivity index (χ1v) is 3.96. The number of nitrogens with one attached hydrogen (secondary N) is 3. The van der Waals surface area contributed by atoms with Crippen LogP contribution in [0.25, 0.3) is 0 Å². The van der Waals surface area contributed by atoms with Gasteiger partial charge in [-0.1, -0.05) is 6.92 Å². The number of aliphatic imine (C=N–C) groups is 1. The molecule has 0 fully saturated rings. The molecule has 0 aromatic rings. The van der Waals surface area contributed by atoms with Crippen molar-refractivity contribution in [3.8, 4) is 0 Å². The van der Waals surface area contributed by atoms with Gasteiger partial charge in [-0.2, -0.15) is 0 Å². The number of rotatable bonds is 5. The predicted molar refractivity (Wildman–Crippen MR) is 53.2 cm³/mol. The normalized spacial score (nSPS) is 11.8. The van der Waals surface area contributed by atoms with Gasteiger partial charge in [-0.25, -0.2) is 4.99 Å². The summed E-state index contributed by atoms with van der Waals surface area (Å²) in [6.07, 6.45) is -0.387. The van der Waals surface area contributed by atoms with Crippen molar-refractivity contribution in [1.29, 1.82) is 5.41 Å². The smallest absolute Gasteiger partial charge is 0.188 e. The topological polar surface area (TPSA) is 138 Å².